The van der Waals surface area contributed by atoms with Crippen molar-refractivity contribution in [2.45, 2.75) is 31.2 Å². The van der Waals surface area contributed by atoms with Crippen molar-refractivity contribution in [3.8, 4) is 0 Å². The number of carbonyl (C=O) groups is 1. The SMILES string of the molecule is CC[C@@]1(N)C[C@H]1c1ccc(NC(=O)c2ccccc2)c(F)c1. The van der Waals surface area contributed by atoms with Gasteiger partial charge in [0, 0.05) is 17.0 Å². The summed E-state index contributed by atoms with van der Waals surface area (Å²) in [5.74, 6) is -0.529. The van der Waals surface area contributed by atoms with Gasteiger partial charge >= 0.3 is 0 Å². The van der Waals surface area contributed by atoms with Crippen LogP contribution >= 0.6 is 0 Å². The summed E-state index contributed by atoms with van der Waals surface area (Å²) in [6, 6.07) is 13.7. The van der Waals surface area contributed by atoms with E-state index < -0.39 is 5.82 Å². The van der Waals surface area contributed by atoms with E-state index in [0.717, 1.165) is 18.4 Å². The summed E-state index contributed by atoms with van der Waals surface area (Å²) in [5.41, 5.74) is 7.58. The molecule has 3 N–H and O–H groups in total. The number of rotatable bonds is 4. The van der Waals surface area contributed by atoms with Gasteiger partial charge in [-0.05, 0) is 42.7 Å². The van der Waals surface area contributed by atoms with Gasteiger partial charge in [-0.1, -0.05) is 31.2 Å². The number of hydrogen-bond acceptors (Lipinski definition) is 2. The number of halogens is 1. The largest absolute Gasteiger partial charge is 0.325 e. The molecule has 2 aromatic rings. The van der Waals surface area contributed by atoms with Crippen LogP contribution in [0.5, 0.6) is 0 Å². The number of carbonyl (C=O) groups excluding carboxylic acids is 1. The number of hydrogen-bond donors (Lipinski definition) is 2. The van der Waals surface area contributed by atoms with E-state index in [1.165, 1.54) is 6.07 Å². The fourth-order valence-electron chi connectivity index (χ4n) is 2.80. The van der Waals surface area contributed by atoms with E-state index in [0.29, 0.717) is 5.56 Å². The van der Waals surface area contributed by atoms with Crippen LogP contribution in [-0.4, -0.2) is 11.4 Å². The van der Waals surface area contributed by atoms with Gasteiger partial charge in [0.2, 0.25) is 0 Å². The highest BCUT2D eigenvalue weighted by molar-refractivity contribution is 6.04. The maximum absolute atomic E-state index is 14.2. The third kappa shape index (κ3) is 2.74. The molecule has 0 heterocycles. The molecule has 0 aliphatic heterocycles. The molecule has 0 saturated heterocycles. The Morgan fingerprint density at radius 1 is 1.32 bits per heavy atom. The monoisotopic (exact) mass is 298 g/mol. The van der Waals surface area contributed by atoms with E-state index in [4.69, 9.17) is 5.73 Å². The molecule has 1 aliphatic rings. The van der Waals surface area contributed by atoms with Crippen molar-refractivity contribution < 1.29 is 9.18 Å². The lowest BCUT2D eigenvalue weighted by molar-refractivity contribution is 0.102. The molecular formula is C18H19FN2O. The Morgan fingerprint density at radius 2 is 2.05 bits per heavy atom. The second-order valence-corrected chi connectivity index (χ2v) is 5.90. The average Bonchev–Trinajstić information content (AvgIpc) is 3.23. The van der Waals surface area contributed by atoms with E-state index in [-0.39, 0.29) is 23.1 Å². The van der Waals surface area contributed by atoms with E-state index in [2.05, 4.69) is 5.32 Å². The Bertz CT molecular complexity index is 701. The van der Waals surface area contributed by atoms with Gasteiger partial charge in [-0.15, -0.1) is 0 Å². The quantitative estimate of drug-likeness (QED) is 0.904. The Kier molecular flexibility index (Phi) is 3.71. The molecule has 2 aromatic carbocycles. The van der Waals surface area contributed by atoms with Crippen LogP contribution < -0.4 is 11.1 Å². The zero-order valence-corrected chi connectivity index (χ0v) is 12.5. The lowest BCUT2D eigenvalue weighted by Gasteiger charge is -2.10. The van der Waals surface area contributed by atoms with Crippen LogP contribution in [0.3, 0.4) is 0 Å². The number of benzene rings is 2. The molecule has 2 atom stereocenters. The lowest BCUT2D eigenvalue weighted by atomic mass is 10.0. The second kappa shape index (κ2) is 5.54. The Hall–Kier alpha value is -2.20. The Morgan fingerprint density at radius 3 is 2.64 bits per heavy atom. The molecule has 0 aromatic heterocycles. The number of amides is 1. The van der Waals surface area contributed by atoms with Gasteiger partial charge < -0.3 is 11.1 Å². The maximum atomic E-state index is 14.2. The molecule has 4 heteroatoms. The van der Waals surface area contributed by atoms with Crippen molar-refractivity contribution in [3.05, 3.63) is 65.5 Å². The summed E-state index contributed by atoms with van der Waals surface area (Å²) in [7, 11) is 0. The Balaban J connectivity index is 1.75. The number of anilines is 1. The molecule has 22 heavy (non-hydrogen) atoms. The highest BCUT2D eigenvalue weighted by Crippen LogP contribution is 2.51. The van der Waals surface area contributed by atoms with Crippen LogP contribution in [0, 0.1) is 5.82 Å². The van der Waals surface area contributed by atoms with Crippen LogP contribution in [0.25, 0.3) is 0 Å². The molecule has 1 saturated carbocycles. The minimum atomic E-state index is -0.424. The van der Waals surface area contributed by atoms with Crippen molar-refractivity contribution in [1.29, 1.82) is 0 Å². The van der Waals surface area contributed by atoms with Crippen LogP contribution in [-0.2, 0) is 0 Å². The van der Waals surface area contributed by atoms with Crippen molar-refractivity contribution in [1.82, 2.24) is 0 Å². The maximum Gasteiger partial charge on any atom is 0.255 e. The summed E-state index contributed by atoms with van der Waals surface area (Å²) in [6.45, 7) is 2.05. The zero-order chi connectivity index (χ0) is 15.7. The van der Waals surface area contributed by atoms with E-state index in [9.17, 15) is 9.18 Å². The second-order valence-electron chi connectivity index (χ2n) is 5.90. The molecule has 114 valence electrons. The van der Waals surface area contributed by atoms with Gasteiger partial charge in [0.1, 0.15) is 5.82 Å². The molecule has 3 rings (SSSR count). The third-order valence-corrected chi connectivity index (χ3v) is 4.46. The van der Waals surface area contributed by atoms with Gasteiger partial charge in [0.25, 0.3) is 5.91 Å². The van der Waals surface area contributed by atoms with Crippen LogP contribution in [0.15, 0.2) is 48.5 Å². The van der Waals surface area contributed by atoms with Gasteiger partial charge in [-0.25, -0.2) is 4.39 Å². The predicted octanol–water partition coefficient (Wildman–Crippen LogP) is 3.67. The fraction of sp³-hybridized carbons (Fsp3) is 0.278. The molecule has 1 amide bonds. The van der Waals surface area contributed by atoms with Crippen molar-refractivity contribution in [3.63, 3.8) is 0 Å². The zero-order valence-electron chi connectivity index (χ0n) is 12.5. The normalized spacial score (nSPS) is 23.1. The number of nitrogens with one attached hydrogen (secondary N) is 1. The minimum absolute atomic E-state index is 0.192. The van der Waals surface area contributed by atoms with Gasteiger partial charge in [-0.2, -0.15) is 0 Å². The number of nitrogens with two attached hydrogens (primary N) is 1. The van der Waals surface area contributed by atoms with Gasteiger partial charge in [-0.3, -0.25) is 4.79 Å². The summed E-state index contributed by atoms with van der Waals surface area (Å²) < 4.78 is 14.2. The smallest absolute Gasteiger partial charge is 0.255 e. The van der Waals surface area contributed by atoms with Crippen molar-refractivity contribution in [2.75, 3.05) is 5.32 Å². The first-order chi connectivity index (χ1) is 10.5. The summed E-state index contributed by atoms with van der Waals surface area (Å²) >= 11 is 0. The van der Waals surface area contributed by atoms with Crippen molar-refractivity contribution in [2.24, 2.45) is 5.73 Å². The average molecular weight is 298 g/mol. The van der Waals surface area contributed by atoms with Gasteiger partial charge in [0.05, 0.1) is 5.69 Å². The first-order valence-electron chi connectivity index (χ1n) is 7.48. The predicted molar refractivity (Wildman–Crippen MR) is 85.4 cm³/mol. The topological polar surface area (TPSA) is 55.1 Å². The molecule has 3 nitrogen and oxygen atoms in total. The summed E-state index contributed by atoms with van der Waals surface area (Å²) in [4.78, 5) is 12.0. The standard InChI is InChI=1S/C18H19FN2O/c1-2-18(20)11-14(18)13-8-9-16(15(19)10-13)21-17(22)12-6-4-3-5-7-12/h3-10,14H,2,11,20H2,1H3,(H,21,22)/t14-,18+/m0/s1. The molecule has 0 bridgehead atoms. The Labute approximate surface area is 129 Å². The highest BCUT2D eigenvalue weighted by atomic mass is 19.1. The van der Waals surface area contributed by atoms with Crippen molar-refractivity contribution >= 4 is 11.6 Å². The third-order valence-electron chi connectivity index (χ3n) is 4.46. The summed E-state index contributed by atoms with van der Waals surface area (Å²) in [5, 5.41) is 2.60. The van der Waals surface area contributed by atoms with Crippen LogP contribution in [0.2, 0.25) is 0 Å². The lowest BCUT2D eigenvalue weighted by Crippen LogP contribution is -2.22. The minimum Gasteiger partial charge on any atom is -0.325 e. The molecule has 1 aliphatic carbocycles. The van der Waals surface area contributed by atoms with Gasteiger partial charge in [0.15, 0.2) is 0 Å². The fourth-order valence-corrected chi connectivity index (χ4v) is 2.80. The summed E-state index contributed by atoms with van der Waals surface area (Å²) in [6.07, 6.45) is 1.77. The van der Waals surface area contributed by atoms with Crippen LogP contribution in [0.4, 0.5) is 10.1 Å². The molecule has 1 fully saturated rings. The molecule has 0 spiro atoms. The highest BCUT2D eigenvalue weighted by Gasteiger charge is 2.50. The first-order valence-corrected chi connectivity index (χ1v) is 7.48. The van der Waals surface area contributed by atoms with E-state index in [1.54, 1.807) is 30.3 Å². The molecule has 0 radical (unpaired) electrons. The van der Waals surface area contributed by atoms with Crippen LogP contribution in [0.1, 0.15) is 41.6 Å². The molecular weight excluding hydrogens is 279 g/mol. The molecule has 0 unspecified atom stereocenters. The van der Waals surface area contributed by atoms with E-state index in [1.807, 2.05) is 19.1 Å². The first kappa shape index (κ1) is 14.7. The van der Waals surface area contributed by atoms with E-state index >= 15 is 0 Å².